The molecule has 1 aliphatic heterocycles. The van der Waals surface area contributed by atoms with Crippen LogP contribution in [0.25, 0.3) is 10.2 Å². The first-order valence-corrected chi connectivity index (χ1v) is 10.1. The van der Waals surface area contributed by atoms with Crippen molar-refractivity contribution in [1.29, 1.82) is 0 Å². The van der Waals surface area contributed by atoms with Gasteiger partial charge in [-0.1, -0.05) is 20.8 Å². The number of hydrogen-bond donors (Lipinski definition) is 2. The fourth-order valence-corrected chi connectivity index (χ4v) is 4.56. The lowest BCUT2D eigenvalue weighted by atomic mass is 9.87. The van der Waals surface area contributed by atoms with Gasteiger partial charge in [-0.05, 0) is 50.2 Å². The third-order valence-electron chi connectivity index (χ3n) is 5.08. The number of benzene rings is 1. The standard InChI is InChI=1S/C20H25N5OS/c1-19(2,3)18-24-15-6-5-14(13-16(15)27-18)23-17(26)20(7-10-21-11-8-20)25-12-4-9-22-25/h4-6,9,12-13,21H,7-8,10-11H2,1-3H3,(H,23,26). The van der Waals surface area contributed by atoms with Gasteiger partial charge in [-0.25, -0.2) is 4.98 Å². The zero-order valence-electron chi connectivity index (χ0n) is 16.0. The smallest absolute Gasteiger partial charge is 0.252 e. The molecule has 7 heteroatoms. The molecule has 27 heavy (non-hydrogen) atoms. The summed E-state index contributed by atoms with van der Waals surface area (Å²) in [5.41, 5.74) is 1.16. The van der Waals surface area contributed by atoms with E-state index in [2.05, 4.69) is 36.5 Å². The monoisotopic (exact) mass is 383 g/mol. The molecule has 142 valence electrons. The summed E-state index contributed by atoms with van der Waals surface area (Å²) < 4.78 is 2.91. The van der Waals surface area contributed by atoms with Gasteiger partial charge in [0.25, 0.3) is 5.91 Å². The quantitative estimate of drug-likeness (QED) is 0.726. The summed E-state index contributed by atoms with van der Waals surface area (Å²) in [5, 5.41) is 11.9. The Labute approximate surface area is 163 Å². The minimum Gasteiger partial charge on any atom is -0.324 e. The summed E-state index contributed by atoms with van der Waals surface area (Å²) in [4.78, 5) is 18.0. The SMILES string of the molecule is CC(C)(C)c1nc2ccc(NC(=O)C3(n4cccn4)CCNCC3)cc2s1. The highest BCUT2D eigenvalue weighted by Gasteiger charge is 2.42. The van der Waals surface area contributed by atoms with E-state index in [1.807, 2.05) is 35.1 Å². The number of nitrogens with one attached hydrogen (secondary N) is 2. The fourth-order valence-electron chi connectivity index (χ4n) is 3.49. The number of amides is 1. The zero-order chi connectivity index (χ0) is 19.1. The largest absolute Gasteiger partial charge is 0.324 e. The third-order valence-corrected chi connectivity index (χ3v) is 6.53. The van der Waals surface area contributed by atoms with Crippen LogP contribution >= 0.6 is 11.3 Å². The van der Waals surface area contributed by atoms with E-state index in [0.717, 1.165) is 46.8 Å². The Hall–Kier alpha value is -2.25. The van der Waals surface area contributed by atoms with E-state index in [-0.39, 0.29) is 11.3 Å². The van der Waals surface area contributed by atoms with Gasteiger partial charge in [-0.2, -0.15) is 5.10 Å². The molecule has 4 rings (SSSR count). The summed E-state index contributed by atoms with van der Waals surface area (Å²) in [5.74, 6) is -0.00684. The van der Waals surface area contributed by atoms with Crippen molar-refractivity contribution < 1.29 is 4.79 Å². The fraction of sp³-hybridized carbons (Fsp3) is 0.450. The minimum atomic E-state index is -0.645. The van der Waals surface area contributed by atoms with Crippen LogP contribution in [-0.4, -0.2) is 33.8 Å². The van der Waals surface area contributed by atoms with E-state index >= 15 is 0 Å². The van der Waals surface area contributed by atoms with Gasteiger partial charge in [-0.3, -0.25) is 9.48 Å². The van der Waals surface area contributed by atoms with Crippen molar-refractivity contribution in [2.24, 2.45) is 0 Å². The molecule has 2 N–H and O–H groups in total. The molecule has 0 aliphatic carbocycles. The van der Waals surface area contributed by atoms with E-state index in [4.69, 9.17) is 4.98 Å². The van der Waals surface area contributed by atoms with Crippen LogP contribution in [0.4, 0.5) is 5.69 Å². The van der Waals surface area contributed by atoms with Crippen molar-refractivity contribution in [2.75, 3.05) is 18.4 Å². The highest BCUT2D eigenvalue weighted by atomic mass is 32.1. The first-order valence-electron chi connectivity index (χ1n) is 9.32. The predicted octanol–water partition coefficient (Wildman–Crippen LogP) is 3.51. The molecule has 0 atom stereocenters. The minimum absolute atomic E-state index is 0.00684. The van der Waals surface area contributed by atoms with Crippen LogP contribution in [0.1, 0.15) is 38.6 Å². The second kappa shape index (κ2) is 6.73. The number of aromatic nitrogens is 3. The maximum absolute atomic E-state index is 13.3. The van der Waals surface area contributed by atoms with E-state index < -0.39 is 5.54 Å². The first kappa shape index (κ1) is 18.1. The Kier molecular flexibility index (Phi) is 4.52. The van der Waals surface area contributed by atoms with Crippen LogP contribution in [0.3, 0.4) is 0 Å². The average Bonchev–Trinajstić information content (AvgIpc) is 3.31. The number of hydrogen-bond acceptors (Lipinski definition) is 5. The number of anilines is 1. The maximum atomic E-state index is 13.3. The normalized spacial score (nSPS) is 17.1. The molecule has 1 saturated heterocycles. The first-order chi connectivity index (χ1) is 12.9. The predicted molar refractivity (Wildman–Crippen MR) is 109 cm³/mol. The Morgan fingerprint density at radius 3 is 2.74 bits per heavy atom. The lowest BCUT2D eigenvalue weighted by Crippen LogP contribution is -2.52. The van der Waals surface area contributed by atoms with Crippen molar-refractivity contribution in [1.82, 2.24) is 20.1 Å². The van der Waals surface area contributed by atoms with Crippen molar-refractivity contribution in [3.63, 3.8) is 0 Å². The Balaban J connectivity index is 1.63. The molecule has 0 bridgehead atoms. The van der Waals surface area contributed by atoms with Crippen molar-refractivity contribution >= 4 is 33.1 Å². The number of piperidine rings is 1. The molecule has 1 aliphatic rings. The highest BCUT2D eigenvalue weighted by Crippen LogP contribution is 2.33. The second-order valence-corrected chi connectivity index (χ2v) is 9.17. The van der Waals surface area contributed by atoms with Crippen molar-refractivity contribution in [3.8, 4) is 0 Å². The van der Waals surface area contributed by atoms with E-state index in [1.54, 1.807) is 17.5 Å². The number of fused-ring (bicyclic) bond motifs is 1. The third kappa shape index (κ3) is 3.37. The average molecular weight is 384 g/mol. The molecule has 3 aromatic rings. The summed E-state index contributed by atoms with van der Waals surface area (Å²) >= 11 is 1.69. The Morgan fingerprint density at radius 1 is 1.30 bits per heavy atom. The van der Waals surface area contributed by atoms with Crippen molar-refractivity contribution in [2.45, 2.75) is 44.6 Å². The highest BCUT2D eigenvalue weighted by molar-refractivity contribution is 7.18. The van der Waals surface area contributed by atoms with Crippen LogP contribution in [-0.2, 0) is 15.7 Å². The molecule has 0 spiro atoms. The van der Waals surface area contributed by atoms with E-state index in [0.29, 0.717) is 0 Å². The maximum Gasteiger partial charge on any atom is 0.252 e. The molecule has 0 unspecified atom stereocenters. The molecule has 6 nitrogen and oxygen atoms in total. The lowest BCUT2D eigenvalue weighted by Gasteiger charge is -2.36. The molecule has 0 radical (unpaired) electrons. The van der Waals surface area contributed by atoms with Gasteiger partial charge < -0.3 is 10.6 Å². The summed E-state index contributed by atoms with van der Waals surface area (Å²) in [6.07, 6.45) is 5.05. The van der Waals surface area contributed by atoms with Crippen LogP contribution in [0, 0.1) is 0 Å². The van der Waals surface area contributed by atoms with Gasteiger partial charge in [0.05, 0.1) is 15.2 Å². The summed E-state index contributed by atoms with van der Waals surface area (Å²) in [7, 11) is 0. The number of carbonyl (C=O) groups excluding carboxylic acids is 1. The molecule has 0 saturated carbocycles. The molecule has 3 heterocycles. The van der Waals surface area contributed by atoms with Gasteiger partial charge in [0.15, 0.2) is 0 Å². The second-order valence-electron chi connectivity index (χ2n) is 8.14. The van der Waals surface area contributed by atoms with Gasteiger partial charge in [0.1, 0.15) is 5.54 Å². The topological polar surface area (TPSA) is 71.8 Å². The Morgan fingerprint density at radius 2 is 2.07 bits per heavy atom. The van der Waals surface area contributed by atoms with Gasteiger partial charge >= 0.3 is 0 Å². The van der Waals surface area contributed by atoms with Crippen LogP contribution in [0.15, 0.2) is 36.7 Å². The lowest BCUT2D eigenvalue weighted by molar-refractivity contribution is -0.126. The van der Waals surface area contributed by atoms with Gasteiger partial charge in [0, 0.05) is 23.5 Å². The molecular formula is C20H25N5OS. The molecule has 1 fully saturated rings. The number of rotatable bonds is 3. The van der Waals surface area contributed by atoms with Crippen LogP contribution in [0.5, 0.6) is 0 Å². The molecule has 1 aromatic carbocycles. The van der Waals surface area contributed by atoms with Gasteiger partial charge in [0.2, 0.25) is 0 Å². The number of carbonyl (C=O) groups is 1. The van der Waals surface area contributed by atoms with E-state index in [9.17, 15) is 4.79 Å². The zero-order valence-corrected chi connectivity index (χ0v) is 16.8. The molecule has 2 aromatic heterocycles. The van der Waals surface area contributed by atoms with Crippen molar-refractivity contribution in [3.05, 3.63) is 41.7 Å². The van der Waals surface area contributed by atoms with Crippen LogP contribution in [0.2, 0.25) is 0 Å². The molecular weight excluding hydrogens is 358 g/mol. The van der Waals surface area contributed by atoms with Crippen LogP contribution < -0.4 is 10.6 Å². The Bertz CT molecular complexity index is 949. The summed E-state index contributed by atoms with van der Waals surface area (Å²) in [6.45, 7) is 8.10. The number of nitrogens with zero attached hydrogens (tertiary/aromatic N) is 3. The number of thiazole rings is 1. The van der Waals surface area contributed by atoms with E-state index in [1.165, 1.54) is 0 Å². The van der Waals surface area contributed by atoms with Gasteiger partial charge in [-0.15, -0.1) is 11.3 Å². The summed E-state index contributed by atoms with van der Waals surface area (Å²) in [6, 6.07) is 7.82. The molecule has 1 amide bonds.